The fourth-order valence-corrected chi connectivity index (χ4v) is 6.38. The number of carbonyl (C=O) groups excluding carboxylic acids is 1. The van der Waals surface area contributed by atoms with Crippen LogP contribution in [0.1, 0.15) is 42.1 Å². The second-order valence-corrected chi connectivity index (χ2v) is 12.4. The molecule has 0 radical (unpaired) electrons. The number of carbonyl (C=O) groups is 1. The van der Waals surface area contributed by atoms with Crippen LogP contribution in [0.3, 0.4) is 0 Å². The van der Waals surface area contributed by atoms with E-state index >= 15 is 0 Å². The zero-order valence-corrected chi connectivity index (χ0v) is 21.6. The summed E-state index contributed by atoms with van der Waals surface area (Å²) in [5, 5.41) is 11.5. The highest BCUT2D eigenvalue weighted by Gasteiger charge is 2.62. The molecule has 1 aliphatic heterocycles. The summed E-state index contributed by atoms with van der Waals surface area (Å²) in [6.07, 6.45) is -1.46. The Hall–Kier alpha value is -3.13. The molecule has 3 aliphatic rings. The number of pyridine rings is 1. The number of hydrogen-bond donors (Lipinski definition) is 3. The Labute approximate surface area is 221 Å². The van der Waals surface area contributed by atoms with Gasteiger partial charge in [-0.1, -0.05) is 0 Å². The number of aliphatic hydroxyl groups excluding tert-OH is 1. The molecule has 0 unspecified atom stereocenters. The Balaban J connectivity index is 1.42. The first-order valence-electron chi connectivity index (χ1n) is 12.5. The Morgan fingerprint density at radius 2 is 1.92 bits per heavy atom. The SMILES string of the molecule is O=C(Nc1cccn(C2CC(F)(F)C2)c1=O)c1ccc(NS(=O)(=O)CCO)cc1N1CC[C@@]2(C(F)F)C[C@H]2C1. The Morgan fingerprint density at radius 1 is 1.18 bits per heavy atom. The number of hydrogen-bond acceptors (Lipinski definition) is 6. The number of aromatic nitrogens is 1. The maximum absolute atomic E-state index is 13.6. The van der Waals surface area contributed by atoms with E-state index in [0.29, 0.717) is 12.1 Å². The third kappa shape index (κ3) is 5.36. The normalized spacial score (nSPS) is 24.2. The van der Waals surface area contributed by atoms with Crippen molar-refractivity contribution in [3.8, 4) is 0 Å². The summed E-state index contributed by atoms with van der Waals surface area (Å²) >= 11 is 0. The van der Waals surface area contributed by atoms with E-state index in [-0.39, 0.29) is 42.4 Å². The number of alkyl halides is 4. The van der Waals surface area contributed by atoms with Gasteiger partial charge in [0.05, 0.1) is 29.3 Å². The van der Waals surface area contributed by atoms with E-state index in [1.54, 1.807) is 4.90 Å². The first-order chi connectivity index (χ1) is 18.3. The maximum atomic E-state index is 13.6. The zero-order chi connectivity index (χ0) is 28.2. The van der Waals surface area contributed by atoms with Gasteiger partial charge in [0.25, 0.3) is 17.4 Å². The molecule has 2 atom stereocenters. The second-order valence-electron chi connectivity index (χ2n) is 10.5. The van der Waals surface area contributed by atoms with Crippen LogP contribution in [0.2, 0.25) is 0 Å². The number of rotatable bonds is 9. The predicted molar refractivity (Wildman–Crippen MR) is 136 cm³/mol. The van der Waals surface area contributed by atoms with Crippen LogP contribution in [0.25, 0.3) is 0 Å². The van der Waals surface area contributed by atoms with E-state index in [2.05, 4.69) is 10.0 Å². The second kappa shape index (κ2) is 9.81. The first-order valence-corrected chi connectivity index (χ1v) is 14.2. The molecule has 1 aromatic heterocycles. The van der Waals surface area contributed by atoms with E-state index in [0.717, 1.165) is 4.57 Å². The van der Waals surface area contributed by atoms with E-state index in [1.807, 2.05) is 0 Å². The molecule has 2 aliphatic carbocycles. The molecule has 0 bridgehead atoms. The molecule has 2 saturated carbocycles. The molecule has 39 heavy (non-hydrogen) atoms. The van der Waals surface area contributed by atoms with Crippen LogP contribution < -0.4 is 20.5 Å². The molecule has 0 spiro atoms. The molecule has 14 heteroatoms. The van der Waals surface area contributed by atoms with Gasteiger partial charge in [0.2, 0.25) is 16.4 Å². The average Bonchev–Trinajstić information content (AvgIpc) is 3.59. The molecule has 9 nitrogen and oxygen atoms in total. The van der Waals surface area contributed by atoms with Crippen LogP contribution in [-0.4, -0.2) is 61.8 Å². The van der Waals surface area contributed by atoms with Crippen LogP contribution in [-0.2, 0) is 10.0 Å². The molecule has 2 heterocycles. The Morgan fingerprint density at radius 3 is 2.56 bits per heavy atom. The number of nitrogens with one attached hydrogen (secondary N) is 2. The highest BCUT2D eigenvalue weighted by atomic mass is 32.2. The van der Waals surface area contributed by atoms with Gasteiger partial charge in [0.1, 0.15) is 5.69 Å². The number of aliphatic hydroxyl groups is 1. The highest BCUT2D eigenvalue weighted by Crippen LogP contribution is 2.61. The molecule has 2 aromatic rings. The Kier molecular flexibility index (Phi) is 6.90. The van der Waals surface area contributed by atoms with E-state index in [4.69, 9.17) is 5.11 Å². The minimum Gasteiger partial charge on any atom is -0.395 e. The van der Waals surface area contributed by atoms with Crippen LogP contribution in [0.4, 0.5) is 34.6 Å². The lowest BCUT2D eigenvalue weighted by Gasteiger charge is -2.36. The third-order valence-corrected chi connectivity index (χ3v) is 9.17. The largest absolute Gasteiger partial charge is 0.395 e. The van der Waals surface area contributed by atoms with Gasteiger partial charge in [-0.05, 0) is 49.1 Å². The molecule has 1 saturated heterocycles. The molecule has 212 valence electrons. The third-order valence-electron chi connectivity index (χ3n) is 7.90. The van der Waals surface area contributed by atoms with E-state index in [1.165, 1.54) is 36.5 Å². The lowest BCUT2D eigenvalue weighted by atomic mass is 9.88. The quantitative estimate of drug-likeness (QED) is 0.397. The van der Waals surface area contributed by atoms with Crippen molar-refractivity contribution in [2.45, 2.75) is 44.1 Å². The summed E-state index contributed by atoms with van der Waals surface area (Å²) in [6, 6.07) is 6.26. The van der Waals surface area contributed by atoms with Gasteiger partial charge in [0.15, 0.2) is 0 Å². The fourth-order valence-electron chi connectivity index (χ4n) is 5.56. The van der Waals surface area contributed by atoms with Crippen molar-refractivity contribution >= 4 is 33.0 Å². The lowest BCUT2D eigenvalue weighted by molar-refractivity contribution is -0.104. The summed E-state index contributed by atoms with van der Waals surface area (Å²) in [4.78, 5) is 28.0. The number of halogens is 4. The van der Waals surface area contributed by atoms with Crippen molar-refractivity contribution in [2.24, 2.45) is 11.3 Å². The van der Waals surface area contributed by atoms with Crippen molar-refractivity contribution in [1.82, 2.24) is 4.57 Å². The van der Waals surface area contributed by atoms with Crippen LogP contribution in [0.15, 0.2) is 41.3 Å². The molecular weight excluding hydrogens is 544 g/mol. The summed E-state index contributed by atoms with van der Waals surface area (Å²) in [5.74, 6) is -4.36. The number of amides is 1. The van der Waals surface area contributed by atoms with Crippen molar-refractivity contribution in [2.75, 3.05) is 40.4 Å². The summed E-state index contributed by atoms with van der Waals surface area (Å²) in [5.41, 5.74) is -1.30. The van der Waals surface area contributed by atoms with Gasteiger partial charge < -0.3 is 19.9 Å². The smallest absolute Gasteiger partial charge is 0.274 e. The molecule has 3 fully saturated rings. The maximum Gasteiger partial charge on any atom is 0.274 e. The van der Waals surface area contributed by atoms with Crippen LogP contribution in [0.5, 0.6) is 0 Å². The van der Waals surface area contributed by atoms with Gasteiger partial charge in [-0.2, -0.15) is 0 Å². The van der Waals surface area contributed by atoms with Gasteiger partial charge in [0, 0.05) is 43.6 Å². The number of fused-ring (bicyclic) bond motifs is 1. The van der Waals surface area contributed by atoms with E-state index < -0.39 is 70.5 Å². The van der Waals surface area contributed by atoms with Crippen molar-refractivity contribution in [3.63, 3.8) is 0 Å². The summed E-state index contributed by atoms with van der Waals surface area (Å²) in [7, 11) is -3.88. The molecule has 1 amide bonds. The topological polar surface area (TPSA) is 121 Å². The number of piperidine rings is 1. The zero-order valence-electron chi connectivity index (χ0n) is 20.7. The molecular formula is C25H28F4N4O5S. The van der Waals surface area contributed by atoms with Crippen molar-refractivity contribution in [1.29, 1.82) is 0 Å². The number of nitrogens with zero attached hydrogens (tertiary/aromatic N) is 2. The van der Waals surface area contributed by atoms with Gasteiger partial charge in [-0.25, -0.2) is 26.0 Å². The van der Waals surface area contributed by atoms with Gasteiger partial charge in [-0.3, -0.25) is 14.3 Å². The van der Waals surface area contributed by atoms with Crippen molar-refractivity contribution < 1.29 is 35.9 Å². The van der Waals surface area contributed by atoms with Crippen molar-refractivity contribution in [3.05, 3.63) is 52.4 Å². The molecule has 3 N–H and O–H groups in total. The number of benzene rings is 1. The minimum atomic E-state index is -3.88. The number of anilines is 3. The monoisotopic (exact) mass is 572 g/mol. The number of sulfonamides is 1. The van der Waals surface area contributed by atoms with Crippen LogP contribution >= 0.6 is 0 Å². The average molecular weight is 573 g/mol. The molecule has 1 aromatic carbocycles. The highest BCUT2D eigenvalue weighted by molar-refractivity contribution is 7.92. The first kappa shape index (κ1) is 27.4. The molecule has 5 rings (SSSR count). The fraction of sp³-hybridized carbons (Fsp3) is 0.520. The summed E-state index contributed by atoms with van der Waals surface area (Å²) < 4.78 is 81.8. The minimum absolute atomic E-state index is 0.0790. The standard InChI is InChI=1S/C25H28F4N4O5S/c26-23(27)24-5-7-32(14-15(24)11-24)20-10-16(31-39(37,38)9-8-34)3-4-18(20)21(35)30-19-2-1-6-33(22(19)36)17-12-25(28,29)13-17/h1-4,6,10,15,17,23,31,34H,5,7-9,11-14H2,(H,30,35)/t15-,24+/m0/s1. The van der Waals surface area contributed by atoms with Gasteiger partial charge >= 0.3 is 0 Å². The van der Waals surface area contributed by atoms with Gasteiger partial charge in [-0.15, -0.1) is 0 Å². The predicted octanol–water partition coefficient (Wildman–Crippen LogP) is 3.29. The Bertz CT molecular complexity index is 1440. The van der Waals surface area contributed by atoms with E-state index in [9.17, 15) is 35.6 Å². The van der Waals surface area contributed by atoms with Crippen LogP contribution in [0, 0.1) is 11.3 Å². The lowest BCUT2D eigenvalue weighted by Crippen LogP contribution is -2.41. The summed E-state index contributed by atoms with van der Waals surface area (Å²) in [6.45, 7) is -0.146.